The molecule has 1 aromatic carbocycles. The first kappa shape index (κ1) is 14.7. The van der Waals surface area contributed by atoms with Gasteiger partial charge in [0.1, 0.15) is 17.4 Å². The van der Waals surface area contributed by atoms with Crippen LogP contribution in [0.5, 0.6) is 5.75 Å². The van der Waals surface area contributed by atoms with E-state index in [1.807, 2.05) is 0 Å². The smallest absolute Gasteiger partial charge is 0.142 e. The Bertz CT molecular complexity index is 622. The van der Waals surface area contributed by atoms with Crippen molar-refractivity contribution in [1.82, 2.24) is 10.3 Å². The molecule has 0 aliphatic heterocycles. The van der Waals surface area contributed by atoms with Crippen LogP contribution in [0.4, 0.5) is 8.78 Å². The Balaban J connectivity index is 2.49. The molecule has 0 bridgehead atoms. The van der Waals surface area contributed by atoms with Gasteiger partial charge < -0.3 is 10.1 Å². The molecule has 0 radical (unpaired) electrons. The Morgan fingerprint density at radius 2 is 1.95 bits per heavy atom. The van der Waals surface area contributed by atoms with Gasteiger partial charge in [0, 0.05) is 11.8 Å². The van der Waals surface area contributed by atoms with Crippen LogP contribution in [0, 0.1) is 11.6 Å². The van der Waals surface area contributed by atoms with E-state index >= 15 is 0 Å². The second-order valence-corrected chi connectivity index (χ2v) is 4.57. The third-order valence-corrected chi connectivity index (χ3v) is 3.23. The average Bonchev–Trinajstić information content (AvgIpc) is 2.45. The van der Waals surface area contributed by atoms with E-state index in [2.05, 4.69) is 10.3 Å². The number of pyridine rings is 1. The molecule has 6 heteroatoms. The predicted molar refractivity (Wildman–Crippen MR) is 73.1 cm³/mol. The fourth-order valence-corrected chi connectivity index (χ4v) is 2.12. The van der Waals surface area contributed by atoms with Crippen molar-refractivity contribution in [2.75, 3.05) is 14.2 Å². The van der Waals surface area contributed by atoms with E-state index in [0.717, 1.165) is 12.1 Å². The molecule has 0 amide bonds. The number of hydrogen-bond donors (Lipinski definition) is 1. The molecule has 2 rings (SSSR count). The van der Waals surface area contributed by atoms with Gasteiger partial charge in [-0.3, -0.25) is 4.98 Å². The molecule has 106 valence electrons. The van der Waals surface area contributed by atoms with Crippen molar-refractivity contribution in [3.05, 3.63) is 58.4 Å². The fraction of sp³-hybridized carbons (Fsp3) is 0.214. The summed E-state index contributed by atoms with van der Waals surface area (Å²) in [5.41, 5.74) is 0.817. The Kier molecular flexibility index (Phi) is 4.52. The molecule has 0 saturated carbocycles. The van der Waals surface area contributed by atoms with Crippen LogP contribution in [0.15, 0.2) is 30.6 Å². The van der Waals surface area contributed by atoms with Crippen LogP contribution in [-0.4, -0.2) is 19.1 Å². The summed E-state index contributed by atoms with van der Waals surface area (Å²) in [6, 6.07) is 3.20. The van der Waals surface area contributed by atoms with Gasteiger partial charge in [-0.15, -0.1) is 0 Å². The highest BCUT2D eigenvalue weighted by Gasteiger charge is 2.19. The predicted octanol–water partition coefficient (Wildman–Crippen LogP) is 3.33. The van der Waals surface area contributed by atoms with Crippen molar-refractivity contribution in [3.8, 4) is 5.75 Å². The largest absolute Gasteiger partial charge is 0.495 e. The first-order valence-electron chi connectivity index (χ1n) is 5.87. The maximum atomic E-state index is 14.0. The highest BCUT2D eigenvalue weighted by Crippen LogP contribution is 2.29. The molecule has 20 heavy (non-hydrogen) atoms. The molecule has 0 fully saturated rings. The van der Waals surface area contributed by atoms with E-state index in [0.29, 0.717) is 11.3 Å². The highest BCUT2D eigenvalue weighted by atomic mass is 35.5. The van der Waals surface area contributed by atoms with Gasteiger partial charge in [-0.25, -0.2) is 8.78 Å². The van der Waals surface area contributed by atoms with Gasteiger partial charge in [0.15, 0.2) is 0 Å². The summed E-state index contributed by atoms with van der Waals surface area (Å²) in [5.74, 6) is -0.713. The first-order chi connectivity index (χ1) is 9.56. The number of methoxy groups -OCH3 is 1. The average molecular weight is 299 g/mol. The van der Waals surface area contributed by atoms with Crippen LogP contribution in [0.1, 0.15) is 17.2 Å². The van der Waals surface area contributed by atoms with E-state index in [9.17, 15) is 8.78 Å². The lowest BCUT2D eigenvalue weighted by atomic mass is 9.99. The van der Waals surface area contributed by atoms with E-state index in [4.69, 9.17) is 16.3 Å². The van der Waals surface area contributed by atoms with Crippen molar-refractivity contribution < 1.29 is 13.5 Å². The zero-order valence-corrected chi connectivity index (χ0v) is 11.7. The lowest BCUT2D eigenvalue weighted by Crippen LogP contribution is -2.19. The third-order valence-electron chi connectivity index (χ3n) is 2.94. The Morgan fingerprint density at radius 3 is 2.60 bits per heavy atom. The summed E-state index contributed by atoms with van der Waals surface area (Å²) >= 11 is 5.56. The first-order valence-corrected chi connectivity index (χ1v) is 6.25. The molecule has 2 aromatic rings. The monoisotopic (exact) mass is 298 g/mol. The lowest BCUT2D eigenvalue weighted by Gasteiger charge is -2.18. The van der Waals surface area contributed by atoms with Gasteiger partial charge in [-0.05, 0) is 30.8 Å². The maximum Gasteiger partial charge on any atom is 0.142 e. The van der Waals surface area contributed by atoms with Crippen molar-refractivity contribution >= 4 is 11.6 Å². The minimum atomic E-state index is -0.667. The van der Waals surface area contributed by atoms with Crippen molar-refractivity contribution in [3.63, 3.8) is 0 Å². The minimum absolute atomic E-state index is 0.157. The van der Waals surface area contributed by atoms with E-state index < -0.39 is 17.7 Å². The number of hydrogen-bond acceptors (Lipinski definition) is 3. The maximum absolute atomic E-state index is 14.0. The normalized spacial score (nSPS) is 12.2. The second-order valence-electron chi connectivity index (χ2n) is 4.17. The van der Waals surface area contributed by atoms with E-state index in [-0.39, 0.29) is 10.6 Å². The molecule has 1 unspecified atom stereocenters. The SMILES string of the molecule is CNC(c1cncc(OC)c1)c1cc(F)c(Cl)cc1F. The Hall–Kier alpha value is -1.72. The minimum Gasteiger partial charge on any atom is -0.495 e. The van der Waals surface area contributed by atoms with Gasteiger partial charge >= 0.3 is 0 Å². The Morgan fingerprint density at radius 1 is 1.20 bits per heavy atom. The van der Waals surface area contributed by atoms with Gasteiger partial charge in [-0.2, -0.15) is 0 Å². The van der Waals surface area contributed by atoms with Crippen LogP contribution in [-0.2, 0) is 0 Å². The van der Waals surface area contributed by atoms with Crippen LogP contribution in [0.3, 0.4) is 0 Å². The quantitative estimate of drug-likeness (QED) is 0.879. The van der Waals surface area contributed by atoms with Crippen LogP contribution >= 0.6 is 11.6 Å². The zero-order chi connectivity index (χ0) is 14.7. The molecule has 1 N–H and O–H groups in total. The molecule has 3 nitrogen and oxygen atoms in total. The summed E-state index contributed by atoms with van der Waals surface area (Å²) in [7, 11) is 3.16. The third kappa shape index (κ3) is 2.89. The molecule has 0 saturated heterocycles. The van der Waals surface area contributed by atoms with Crippen LogP contribution < -0.4 is 10.1 Å². The summed E-state index contributed by atoms with van der Waals surface area (Å²) in [5, 5.41) is 2.68. The van der Waals surface area contributed by atoms with Gasteiger partial charge in [0.25, 0.3) is 0 Å². The zero-order valence-electron chi connectivity index (χ0n) is 11.0. The summed E-state index contributed by atoms with van der Waals surface area (Å²) in [4.78, 5) is 4.01. The topological polar surface area (TPSA) is 34.2 Å². The molecule has 1 atom stereocenters. The molecule has 1 aromatic heterocycles. The van der Waals surface area contributed by atoms with E-state index in [1.54, 1.807) is 19.3 Å². The number of rotatable bonds is 4. The van der Waals surface area contributed by atoms with Gasteiger partial charge in [-0.1, -0.05) is 11.6 Å². The van der Waals surface area contributed by atoms with Crippen molar-refractivity contribution in [2.45, 2.75) is 6.04 Å². The molecule has 0 aliphatic rings. The number of nitrogens with one attached hydrogen (secondary N) is 1. The highest BCUT2D eigenvalue weighted by molar-refractivity contribution is 6.30. The van der Waals surface area contributed by atoms with Crippen LogP contribution in [0.25, 0.3) is 0 Å². The lowest BCUT2D eigenvalue weighted by molar-refractivity contribution is 0.411. The number of benzene rings is 1. The Labute approximate surface area is 120 Å². The molecule has 0 spiro atoms. The fourth-order valence-electron chi connectivity index (χ4n) is 1.97. The summed E-state index contributed by atoms with van der Waals surface area (Å²) < 4.78 is 32.6. The van der Waals surface area contributed by atoms with Gasteiger partial charge in [0.2, 0.25) is 0 Å². The number of halogens is 3. The molecular weight excluding hydrogens is 286 g/mol. The molecule has 0 aliphatic carbocycles. The molecule has 1 heterocycles. The van der Waals surface area contributed by atoms with Crippen molar-refractivity contribution in [1.29, 1.82) is 0 Å². The number of ether oxygens (including phenoxy) is 1. The standard InChI is InChI=1S/C14H13ClF2N2O/c1-18-14(8-3-9(20-2)7-19-6-8)10-4-13(17)11(15)5-12(10)16/h3-7,14,18H,1-2H3. The number of nitrogens with zero attached hydrogens (tertiary/aromatic N) is 1. The summed E-state index contributed by atoms with van der Waals surface area (Å²) in [6.07, 6.45) is 3.10. The van der Waals surface area contributed by atoms with Crippen molar-refractivity contribution in [2.24, 2.45) is 0 Å². The molecular formula is C14H13ClF2N2O. The summed E-state index contributed by atoms with van der Waals surface area (Å²) in [6.45, 7) is 0. The second kappa shape index (κ2) is 6.15. The van der Waals surface area contributed by atoms with Crippen LogP contribution in [0.2, 0.25) is 5.02 Å². The van der Waals surface area contributed by atoms with E-state index in [1.165, 1.54) is 13.3 Å². The number of aromatic nitrogens is 1. The van der Waals surface area contributed by atoms with Gasteiger partial charge in [0.05, 0.1) is 24.4 Å².